The molecule has 0 spiro atoms. The Balaban J connectivity index is 1.74. The third-order valence-electron chi connectivity index (χ3n) is 2.84. The van der Waals surface area contributed by atoms with Gasteiger partial charge in [-0.15, -0.1) is 0 Å². The fraction of sp³-hybridized carbons (Fsp3) is 0.0667. The highest BCUT2D eigenvalue weighted by atomic mass is 19.1. The summed E-state index contributed by atoms with van der Waals surface area (Å²) < 4.78 is 19.0. The Bertz CT molecular complexity index is 742. The van der Waals surface area contributed by atoms with Gasteiger partial charge in [-0.2, -0.15) is 10.2 Å². The summed E-state index contributed by atoms with van der Waals surface area (Å²) in [5.74, 6) is -0.0418. The van der Waals surface area contributed by atoms with Crippen molar-refractivity contribution >= 4 is 5.69 Å². The quantitative estimate of drug-likeness (QED) is 0.675. The van der Waals surface area contributed by atoms with E-state index in [4.69, 9.17) is 4.42 Å². The maximum atomic E-state index is 14.0. The Hall–Kier alpha value is -2.89. The van der Waals surface area contributed by atoms with Crippen molar-refractivity contribution in [3.8, 4) is 11.3 Å². The maximum absolute atomic E-state index is 14.0. The molecule has 0 N–H and O–H groups in total. The van der Waals surface area contributed by atoms with E-state index in [9.17, 15) is 4.39 Å². The number of pyridine rings is 1. The van der Waals surface area contributed by atoms with Crippen LogP contribution in [0.3, 0.4) is 0 Å². The third-order valence-corrected chi connectivity index (χ3v) is 2.84. The Labute approximate surface area is 120 Å². The first-order valence-corrected chi connectivity index (χ1v) is 6.28. The zero-order valence-corrected chi connectivity index (χ0v) is 11.0. The summed E-state index contributed by atoms with van der Waals surface area (Å²) in [6.45, 7) is 0.425. The molecule has 0 radical (unpaired) electrons. The molecule has 0 saturated carbocycles. The monoisotopic (exact) mass is 282 g/mol. The van der Waals surface area contributed by atoms with Gasteiger partial charge in [0.05, 0.1) is 24.0 Å². The number of halogens is 1. The van der Waals surface area contributed by atoms with Gasteiger partial charge in [-0.25, -0.2) is 9.37 Å². The van der Waals surface area contributed by atoms with Crippen LogP contribution in [-0.2, 0) is 6.54 Å². The Morgan fingerprint density at radius 2 is 1.95 bits per heavy atom. The number of nitrogens with zero attached hydrogens (tertiary/aromatic N) is 4. The first kappa shape index (κ1) is 13.1. The van der Waals surface area contributed by atoms with Crippen LogP contribution in [0.15, 0.2) is 70.0 Å². The molecular weight excluding hydrogens is 271 g/mol. The van der Waals surface area contributed by atoms with E-state index in [1.165, 1.54) is 18.7 Å². The second-order valence-electron chi connectivity index (χ2n) is 4.28. The third kappa shape index (κ3) is 3.17. The molecule has 104 valence electrons. The Morgan fingerprint density at radius 1 is 1.10 bits per heavy atom. The van der Waals surface area contributed by atoms with Gasteiger partial charge >= 0.3 is 0 Å². The SMILES string of the molecule is Fc1cc(N=NCc2ccncc2)ccc1-c1cnco1. The normalized spacial score (nSPS) is 11.1. The highest BCUT2D eigenvalue weighted by Crippen LogP contribution is 2.26. The van der Waals surface area contributed by atoms with Crippen molar-refractivity contribution in [3.05, 3.63) is 66.7 Å². The second-order valence-corrected chi connectivity index (χ2v) is 4.28. The standard InChI is InChI=1S/C15H11FN4O/c16-14-7-12(1-2-13(14)15-9-18-10-21-15)20-19-8-11-3-5-17-6-4-11/h1-7,9-10H,8H2. The van der Waals surface area contributed by atoms with Gasteiger partial charge in [0.2, 0.25) is 0 Å². The molecule has 0 aliphatic heterocycles. The highest BCUT2D eigenvalue weighted by Gasteiger charge is 2.08. The predicted molar refractivity (Wildman–Crippen MR) is 74.4 cm³/mol. The molecule has 0 amide bonds. The van der Waals surface area contributed by atoms with Crippen LogP contribution >= 0.6 is 0 Å². The molecule has 2 aromatic heterocycles. The second kappa shape index (κ2) is 6.04. The summed E-state index contributed by atoms with van der Waals surface area (Å²) in [4.78, 5) is 7.69. The Kier molecular flexibility index (Phi) is 3.77. The number of rotatable bonds is 4. The van der Waals surface area contributed by atoms with Crippen LogP contribution in [0, 0.1) is 5.82 Å². The molecule has 0 aliphatic rings. The van der Waals surface area contributed by atoms with Gasteiger partial charge in [-0.1, -0.05) is 0 Å². The largest absolute Gasteiger partial charge is 0.443 e. The minimum Gasteiger partial charge on any atom is -0.443 e. The predicted octanol–water partition coefficient (Wildman–Crippen LogP) is 4.16. The van der Waals surface area contributed by atoms with Crippen LogP contribution < -0.4 is 0 Å². The molecule has 6 heteroatoms. The molecule has 1 aromatic carbocycles. The van der Waals surface area contributed by atoms with E-state index in [-0.39, 0.29) is 0 Å². The molecule has 5 nitrogen and oxygen atoms in total. The van der Waals surface area contributed by atoms with Gasteiger partial charge in [0.1, 0.15) is 5.82 Å². The van der Waals surface area contributed by atoms with Gasteiger partial charge in [-0.05, 0) is 29.8 Å². The van der Waals surface area contributed by atoms with E-state index in [0.717, 1.165) is 5.56 Å². The van der Waals surface area contributed by atoms with Crippen molar-refractivity contribution in [1.29, 1.82) is 0 Å². The molecule has 0 atom stereocenters. The molecule has 0 saturated heterocycles. The lowest BCUT2D eigenvalue weighted by atomic mass is 10.1. The van der Waals surface area contributed by atoms with Crippen molar-refractivity contribution in [1.82, 2.24) is 9.97 Å². The first-order valence-electron chi connectivity index (χ1n) is 6.28. The van der Waals surface area contributed by atoms with Gasteiger partial charge < -0.3 is 4.42 Å². The number of hydrogen-bond acceptors (Lipinski definition) is 5. The molecule has 0 unspecified atom stereocenters. The van der Waals surface area contributed by atoms with E-state index >= 15 is 0 Å². The van der Waals surface area contributed by atoms with Crippen molar-refractivity contribution in [2.75, 3.05) is 0 Å². The van der Waals surface area contributed by atoms with E-state index in [0.29, 0.717) is 23.6 Å². The lowest BCUT2D eigenvalue weighted by Gasteiger charge is -2.00. The summed E-state index contributed by atoms with van der Waals surface area (Å²) >= 11 is 0. The minimum atomic E-state index is -0.424. The zero-order chi connectivity index (χ0) is 14.5. The van der Waals surface area contributed by atoms with Gasteiger partial charge in [0.25, 0.3) is 0 Å². The summed E-state index contributed by atoms with van der Waals surface area (Å²) in [6, 6.07) is 8.29. The smallest absolute Gasteiger partial charge is 0.181 e. The number of hydrogen-bond donors (Lipinski definition) is 0. The number of oxazole rings is 1. The fourth-order valence-corrected chi connectivity index (χ4v) is 1.80. The van der Waals surface area contributed by atoms with Crippen LogP contribution in [0.5, 0.6) is 0 Å². The molecule has 3 rings (SSSR count). The van der Waals surface area contributed by atoms with Gasteiger partial charge in [0, 0.05) is 18.5 Å². The molecule has 2 heterocycles. The number of aromatic nitrogens is 2. The van der Waals surface area contributed by atoms with Crippen molar-refractivity contribution < 1.29 is 8.81 Å². The molecule has 0 aliphatic carbocycles. The number of benzene rings is 1. The topological polar surface area (TPSA) is 63.6 Å². The van der Waals surface area contributed by atoms with Crippen LogP contribution in [0.1, 0.15) is 5.56 Å². The summed E-state index contributed by atoms with van der Waals surface area (Å²) in [7, 11) is 0. The van der Waals surface area contributed by atoms with E-state index in [1.807, 2.05) is 12.1 Å². The minimum absolute atomic E-state index is 0.348. The molecule has 21 heavy (non-hydrogen) atoms. The van der Waals surface area contributed by atoms with Crippen LogP contribution in [0.4, 0.5) is 10.1 Å². The van der Waals surface area contributed by atoms with Crippen LogP contribution in [0.2, 0.25) is 0 Å². The van der Waals surface area contributed by atoms with E-state index in [1.54, 1.807) is 24.5 Å². The lowest BCUT2D eigenvalue weighted by Crippen LogP contribution is -1.82. The lowest BCUT2D eigenvalue weighted by molar-refractivity contribution is 0.561. The van der Waals surface area contributed by atoms with Crippen LogP contribution in [0.25, 0.3) is 11.3 Å². The maximum Gasteiger partial charge on any atom is 0.181 e. The number of azo groups is 1. The van der Waals surface area contributed by atoms with Crippen molar-refractivity contribution in [3.63, 3.8) is 0 Å². The molecule has 0 bridgehead atoms. The van der Waals surface area contributed by atoms with E-state index < -0.39 is 5.82 Å². The molecular formula is C15H11FN4O. The molecule has 0 fully saturated rings. The summed E-state index contributed by atoms with van der Waals surface area (Å²) in [5.41, 5.74) is 1.79. The van der Waals surface area contributed by atoms with Crippen LogP contribution in [-0.4, -0.2) is 9.97 Å². The summed E-state index contributed by atoms with van der Waals surface area (Å²) in [5, 5.41) is 8.04. The first-order chi connectivity index (χ1) is 10.3. The molecule has 3 aromatic rings. The summed E-state index contributed by atoms with van der Waals surface area (Å²) in [6.07, 6.45) is 6.10. The van der Waals surface area contributed by atoms with E-state index in [2.05, 4.69) is 20.2 Å². The van der Waals surface area contributed by atoms with Crippen molar-refractivity contribution in [2.45, 2.75) is 6.54 Å². The van der Waals surface area contributed by atoms with Crippen molar-refractivity contribution in [2.24, 2.45) is 10.2 Å². The average molecular weight is 282 g/mol. The van der Waals surface area contributed by atoms with Gasteiger partial charge in [-0.3, -0.25) is 4.98 Å². The Morgan fingerprint density at radius 3 is 2.67 bits per heavy atom. The average Bonchev–Trinajstić information content (AvgIpc) is 3.02. The highest BCUT2D eigenvalue weighted by molar-refractivity contribution is 5.60. The zero-order valence-electron chi connectivity index (χ0n) is 11.0. The van der Waals surface area contributed by atoms with Gasteiger partial charge in [0.15, 0.2) is 12.2 Å². The fourth-order valence-electron chi connectivity index (χ4n) is 1.80.